The summed E-state index contributed by atoms with van der Waals surface area (Å²) in [5, 5.41) is 6.05. The summed E-state index contributed by atoms with van der Waals surface area (Å²) in [6.45, 7) is 2.04. The number of rotatable bonds is 4. The summed E-state index contributed by atoms with van der Waals surface area (Å²) in [7, 11) is 0. The molecule has 2 aromatic carbocycles. The lowest BCUT2D eigenvalue weighted by Crippen LogP contribution is -2.31. The Hall–Kier alpha value is -1.96. The molecule has 0 saturated heterocycles. The fraction of sp³-hybridized carbons (Fsp3) is 0.188. The van der Waals surface area contributed by atoms with E-state index in [0.717, 1.165) is 9.26 Å². The van der Waals surface area contributed by atoms with E-state index in [1.807, 2.05) is 31.2 Å². The van der Waals surface area contributed by atoms with Gasteiger partial charge >= 0.3 is 0 Å². The quantitative estimate of drug-likeness (QED) is 0.759. The van der Waals surface area contributed by atoms with Gasteiger partial charge < -0.3 is 20.1 Å². The first-order valence-corrected chi connectivity index (χ1v) is 7.92. The molecule has 0 radical (unpaired) electrons. The largest absolute Gasteiger partial charge is 0.454 e. The van der Waals surface area contributed by atoms with Crippen molar-refractivity contribution in [1.82, 2.24) is 0 Å². The zero-order chi connectivity index (χ0) is 15.5. The normalized spacial score (nSPS) is 13.5. The van der Waals surface area contributed by atoms with Crippen molar-refractivity contribution < 1.29 is 14.3 Å². The highest BCUT2D eigenvalue weighted by Gasteiger charge is 2.16. The Kier molecular flexibility index (Phi) is 4.37. The standard InChI is InChI=1S/C16H15IN2O3/c1-10(18-12-4-2-3-11(17)7-12)16(20)19-13-5-6-14-15(8-13)22-9-21-14/h2-8,10,18H,9H2,1H3,(H,19,20)/t10-/m1/s1. The minimum Gasteiger partial charge on any atom is -0.454 e. The molecule has 0 aliphatic carbocycles. The van der Waals surface area contributed by atoms with Gasteiger partial charge in [0.15, 0.2) is 11.5 Å². The van der Waals surface area contributed by atoms with Crippen LogP contribution >= 0.6 is 22.6 Å². The molecular weight excluding hydrogens is 395 g/mol. The second kappa shape index (κ2) is 6.43. The summed E-state index contributed by atoms with van der Waals surface area (Å²) < 4.78 is 11.7. The van der Waals surface area contributed by atoms with Crippen LogP contribution in [-0.2, 0) is 4.79 Å². The van der Waals surface area contributed by atoms with E-state index in [2.05, 4.69) is 33.2 Å². The van der Waals surface area contributed by atoms with Gasteiger partial charge in [0, 0.05) is 21.0 Å². The third kappa shape index (κ3) is 3.44. The van der Waals surface area contributed by atoms with Gasteiger partial charge in [-0.05, 0) is 59.8 Å². The van der Waals surface area contributed by atoms with Crippen molar-refractivity contribution in [2.75, 3.05) is 17.4 Å². The summed E-state index contributed by atoms with van der Waals surface area (Å²) in [6, 6.07) is 12.9. The third-order valence-corrected chi connectivity index (χ3v) is 3.91. The van der Waals surface area contributed by atoms with Crippen LogP contribution in [0.15, 0.2) is 42.5 Å². The van der Waals surface area contributed by atoms with Gasteiger partial charge in [-0.2, -0.15) is 0 Å². The smallest absolute Gasteiger partial charge is 0.246 e. The van der Waals surface area contributed by atoms with E-state index >= 15 is 0 Å². The molecule has 3 rings (SSSR count). The van der Waals surface area contributed by atoms with E-state index in [0.29, 0.717) is 17.2 Å². The number of benzene rings is 2. The molecule has 0 saturated carbocycles. The van der Waals surface area contributed by atoms with E-state index in [-0.39, 0.29) is 18.7 Å². The van der Waals surface area contributed by atoms with Crippen LogP contribution in [0.5, 0.6) is 11.5 Å². The van der Waals surface area contributed by atoms with Gasteiger partial charge in [0.1, 0.15) is 6.04 Å². The number of amides is 1. The van der Waals surface area contributed by atoms with E-state index in [1.54, 1.807) is 18.2 Å². The number of halogens is 1. The Morgan fingerprint density at radius 1 is 1.14 bits per heavy atom. The topological polar surface area (TPSA) is 59.6 Å². The number of hydrogen-bond donors (Lipinski definition) is 2. The van der Waals surface area contributed by atoms with E-state index in [4.69, 9.17) is 9.47 Å². The molecule has 5 nitrogen and oxygen atoms in total. The number of fused-ring (bicyclic) bond motifs is 1. The molecule has 22 heavy (non-hydrogen) atoms. The van der Waals surface area contributed by atoms with E-state index in [9.17, 15) is 4.79 Å². The van der Waals surface area contributed by atoms with Crippen LogP contribution < -0.4 is 20.1 Å². The molecule has 1 aliphatic heterocycles. The van der Waals surface area contributed by atoms with Crippen LogP contribution in [0.2, 0.25) is 0 Å². The predicted octanol–water partition coefficient (Wildman–Crippen LogP) is 3.46. The SMILES string of the molecule is C[C@@H](Nc1cccc(I)c1)C(=O)Nc1ccc2c(c1)OCO2. The molecule has 0 unspecified atom stereocenters. The summed E-state index contributed by atoms with van der Waals surface area (Å²) in [5.74, 6) is 1.23. The van der Waals surface area contributed by atoms with Crippen molar-refractivity contribution in [3.63, 3.8) is 0 Å². The molecule has 2 aromatic rings. The highest BCUT2D eigenvalue weighted by atomic mass is 127. The zero-order valence-corrected chi connectivity index (χ0v) is 14.1. The Morgan fingerprint density at radius 3 is 2.77 bits per heavy atom. The van der Waals surface area contributed by atoms with Crippen molar-refractivity contribution in [3.05, 3.63) is 46.0 Å². The minimum atomic E-state index is -0.358. The Balaban J connectivity index is 1.64. The third-order valence-electron chi connectivity index (χ3n) is 3.24. The highest BCUT2D eigenvalue weighted by Crippen LogP contribution is 2.34. The van der Waals surface area contributed by atoms with Crippen molar-refractivity contribution in [2.24, 2.45) is 0 Å². The summed E-state index contributed by atoms with van der Waals surface area (Å²) in [6.07, 6.45) is 0. The van der Waals surface area contributed by atoms with Crippen molar-refractivity contribution >= 4 is 39.9 Å². The lowest BCUT2D eigenvalue weighted by molar-refractivity contribution is -0.116. The Labute approximate surface area is 142 Å². The first-order valence-electron chi connectivity index (χ1n) is 6.84. The first kappa shape index (κ1) is 15.0. The number of anilines is 2. The maximum Gasteiger partial charge on any atom is 0.246 e. The predicted molar refractivity (Wildman–Crippen MR) is 93.4 cm³/mol. The molecule has 1 heterocycles. The van der Waals surface area contributed by atoms with E-state index in [1.165, 1.54) is 0 Å². The molecule has 114 valence electrons. The monoisotopic (exact) mass is 410 g/mol. The average molecular weight is 410 g/mol. The van der Waals surface area contributed by atoms with Crippen LogP contribution in [0.3, 0.4) is 0 Å². The number of carbonyl (C=O) groups excluding carboxylic acids is 1. The molecule has 0 fully saturated rings. The molecule has 6 heteroatoms. The minimum absolute atomic E-state index is 0.113. The van der Waals surface area contributed by atoms with Crippen molar-refractivity contribution in [2.45, 2.75) is 13.0 Å². The van der Waals surface area contributed by atoms with Crippen LogP contribution in [0, 0.1) is 3.57 Å². The number of nitrogens with one attached hydrogen (secondary N) is 2. The molecule has 1 aliphatic rings. The molecule has 0 bridgehead atoms. The second-order valence-electron chi connectivity index (χ2n) is 4.93. The fourth-order valence-corrected chi connectivity index (χ4v) is 2.66. The molecule has 0 spiro atoms. The number of carbonyl (C=O) groups is 1. The van der Waals surface area contributed by atoms with Gasteiger partial charge in [-0.15, -0.1) is 0 Å². The first-order chi connectivity index (χ1) is 10.6. The van der Waals surface area contributed by atoms with Gasteiger partial charge in [0.05, 0.1) is 0 Å². The lowest BCUT2D eigenvalue weighted by atomic mass is 10.2. The van der Waals surface area contributed by atoms with Gasteiger partial charge in [0.25, 0.3) is 0 Å². The fourth-order valence-electron chi connectivity index (χ4n) is 2.12. The van der Waals surface area contributed by atoms with Crippen LogP contribution in [0.25, 0.3) is 0 Å². The maximum absolute atomic E-state index is 12.3. The Morgan fingerprint density at radius 2 is 1.95 bits per heavy atom. The summed E-state index contributed by atoms with van der Waals surface area (Å²) >= 11 is 2.24. The summed E-state index contributed by atoms with van der Waals surface area (Å²) in [4.78, 5) is 12.3. The summed E-state index contributed by atoms with van der Waals surface area (Å²) in [5.41, 5.74) is 1.60. The molecule has 2 N–H and O–H groups in total. The maximum atomic E-state index is 12.3. The molecule has 0 aromatic heterocycles. The zero-order valence-electron chi connectivity index (χ0n) is 11.9. The van der Waals surface area contributed by atoms with Gasteiger partial charge in [-0.1, -0.05) is 6.07 Å². The van der Waals surface area contributed by atoms with Gasteiger partial charge in [0.2, 0.25) is 12.7 Å². The highest BCUT2D eigenvalue weighted by molar-refractivity contribution is 14.1. The van der Waals surface area contributed by atoms with Crippen molar-refractivity contribution in [1.29, 1.82) is 0 Å². The van der Waals surface area contributed by atoms with Crippen LogP contribution in [-0.4, -0.2) is 18.7 Å². The van der Waals surface area contributed by atoms with E-state index < -0.39 is 0 Å². The van der Waals surface area contributed by atoms with Crippen LogP contribution in [0.1, 0.15) is 6.92 Å². The lowest BCUT2D eigenvalue weighted by Gasteiger charge is -2.15. The van der Waals surface area contributed by atoms with Gasteiger partial charge in [-0.25, -0.2) is 0 Å². The Bertz CT molecular complexity index is 706. The van der Waals surface area contributed by atoms with Gasteiger partial charge in [-0.3, -0.25) is 4.79 Å². The number of ether oxygens (including phenoxy) is 2. The average Bonchev–Trinajstić information content (AvgIpc) is 2.94. The molecule has 1 amide bonds. The molecular formula is C16H15IN2O3. The number of hydrogen-bond acceptors (Lipinski definition) is 4. The molecule has 1 atom stereocenters. The van der Waals surface area contributed by atoms with Crippen LogP contribution in [0.4, 0.5) is 11.4 Å². The second-order valence-corrected chi connectivity index (χ2v) is 6.18. The van der Waals surface area contributed by atoms with Crippen molar-refractivity contribution in [3.8, 4) is 11.5 Å².